The molecule has 0 saturated heterocycles. The maximum absolute atomic E-state index is 12.7. The van der Waals surface area contributed by atoms with Crippen LogP contribution in [0.2, 0.25) is 0 Å². The number of nitro benzene ring substituents is 1. The summed E-state index contributed by atoms with van der Waals surface area (Å²) in [5.74, 6) is -1.27. The molecule has 1 aromatic carbocycles. The molecule has 76 valence electrons. The van der Waals surface area contributed by atoms with Crippen LogP contribution in [0.1, 0.15) is 5.56 Å². The Hall–Kier alpha value is -1.69. The number of rotatable bonds is 2. The average molecular weight is 220 g/mol. The number of benzene rings is 1. The van der Waals surface area contributed by atoms with Gasteiger partial charge in [-0.15, -0.1) is 12.4 Å². The zero-order valence-electron chi connectivity index (χ0n) is 6.86. The summed E-state index contributed by atoms with van der Waals surface area (Å²) in [6.45, 7) is 0. The van der Waals surface area contributed by atoms with Crippen LogP contribution < -0.4 is 5.73 Å². The van der Waals surface area contributed by atoms with Gasteiger partial charge in [-0.3, -0.25) is 15.5 Å². The molecule has 0 radical (unpaired) electrons. The molecule has 0 spiro atoms. The Morgan fingerprint density at radius 2 is 2.14 bits per heavy atom. The van der Waals surface area contributed by atoms with E-state index < -0.39 is 16.4 Å². The average Bonchev–Trinajstić information content (AvgIpc) is 2.04. The highest BCUT2D eigenvalue weighted by molar-refractivity contribution is 5.95. The van der Waals surface area contributed by atoms with Gasteiger partial charge in [-0.05, 0) is 12.1 Å². The number of nitro groups is 1. The van der Waals surface area contributed by atoms with Crippen LogP contribution >= 0.6 is 12.4 Å². The van der Waals surface area contributed by atoms with Gasteiger partial charge in [0, 0.05) is 11.6 Å². The third kappa shape index (κ3) is 2.40. The molecule has 0 heterocycles. The van der Waals surface area contributed by atoms with Crippen molar-refractivity contribution in [3.05, 3.63) is 39.7 Å². The van der Waals surface area contributed by atoms with Gasteiger partial charge in [0.05, 0.1) is 4.92 Å². The van der Waals surface area contributed by atoms with E-state index in [0.717, 1.165) is 12.1 Å². The predicted molar refractivity (Wildman–Crippen MR) is 51.3 cm³/mol. The Morgan fingerprint density at radius 3 is 2.57 bits per heavy atom. The van der Waals surface area contributed by atoms with E-state index in [4.69, 9.17) is 11.1 Å². The SMILES string of the molecule is Cl.N=C(N)c1ccc(F)c([N+](=O)[O-])c1. The largest absolute Gasteiger partial charge is 0.384 e. The van der Waals surface area contributed by atoms with Crippen molar-refractivity contribution in [1.82, 2.24) is 0 Å². The predicted octanol–water partition coefficient (Wildman–Crippen LogP) is 1.44. The second kappa shape index (κ2) is 4.52. The zero-order valence-corrected chi connectivity index (χ0v) is 7.68. The van der Waals surface area contributed by atoms with E-state index in [9.17, 15) is 14.5 Å². The minimum Gasteiger partial charge on any atom is -0.384 e. The minimum absolute atomic E-state index is 0. The summed E-state index contributed by atoms with van der Waals surface area (Å²) >= 11 is 0. The van der Waals surface area contributed by atoms with Gasteiger partial charge >= 0.3 is 5.69 Å². The lowest BCUT2D eigenvalue weighted by atomic mass is 10.2. The van der Waals surface area contributed by atoms with Crippen LogP contribution in [0.5, 0.6) is 0 Å². The molecule has 1 aromatic rings. The first-order chi connectivity index (χ1) is 6.02. The van der Waals surface area contributed by atoms with Crippen LogP contribution in [0.4, 0.5) is 10.1 Å². The van der Waals surface area contributed by atoms with Crippen LogP contribution in [0.3, 0.4) is 0 Å². The number of nitrogens with two attached hydrogens (primary N) is 1. The highest BCUT2D eigenvalue weighted by Gasteiger charge is 2.14. The smallest absolute Gasteiger partial charge is 0.305 e. The first-order valence-electron chi connectivity index (χ1n) is 3.30. The summed E-state index contributed by atoms with van der Waals surface area (Å²) in [5.41, 5.74) is 4.53. The van der Waals surface area contributed by atoms with E-state index in [1.165, 1.54) is 6.07 Å². The maximum atomic E-state index is 12.7. The van der Waals surface area contributed by atoms with Crippen molar-refractivity contribution in [2.75, 3.05) is 0 Å². The molecule has 3 N–H and O–H groups in total. The Morgan fingerprint density at radius 1 is 1.57 bits per heavy atom. The van der Waals surface area contributed by atoms with Crippen molar-refractivity contribution in [2.45, 2.75) is 0 Å². The van der Waals surface area contributed by atoms with Gasteiger partial charge in [-0.2, -0.15) is 4.39 Å². The maximum Gasteiger partial charge on any atom is 0.305 e. The van der Waals surface area contributed by atoms with Crippen LogP contribution in [-0.4, -0.2) is 10.8 Å². The lowest BCUT2D eigenvalue weighted by Crippen LogP contribution is -2.11. The van der Waals surface area contributed by atoms with Crippen molar-refractivity contribution in [3.8, 4) is 0 Å². The van der Waals surface area contributed by atoms with E-state index in [-0.39, 0.29) is 23.8 Å². The number of nitrogens with zero attached hydrogens (tertiary/aromatic N) is 1. The first-order valence-corrected chi connectivity index (χ1v) is 3.30. The Labute approximate surface area is 84.8 Å². The molecule has 0 atom stereocenters. The number of amidine groups is 1. The van der Waals surface area contributed by atoms with Gasteiger partial charge in [0.15, 0.2) is 0 Å². The quantitative estimate of drug-likeness (QED) is 0.341. The molecule has 0 amide bonds. The summed E-state index contributed by atoms with van der Waals surface area (Å²) in [6.07, 6.45) is 0. The zero-order chi connectivity index (χ0) is 10.0. The van der Waals surface area contributed by atoms with Gasteiger partial charge in [0.25, 0.3) is 0 Å². The number of nitrogen functional groups attached to an aromatic ring is 1. The summed E-state index contributed by atoms with van der Waals surface area (Å²) in [6, 6.07) is 3.05. The third-order valence-electron chi connectivity index (χ3n) is 1.45. The summed E-state index contributed by atoms with van der Waals surface area (Å²) in [7, 11) is 0. The molecule has 0 aromatic heterocycles. The van der Waals surface area contributed by atoms with Crippen LogP contribution in [0.15, 0.2) is 18.2 Å². The number of hydrogen-bond acceptors (Lipinski definition) is 3. The van der Waals surface area contributed by atoms with Gasteiger partial charge in [0.1, 0.15) is 5.84 Å². The second-order valence-electron chi connectivity index (χ2n) is 2.34. The molecule has 0 fully saturated rings. The molecule has 0 bridgehead atoms. The number of hydrogen-bond donors (Lipinski definition) is 2. The molecular weight excluding hydrogens is 213 g/mol. The molecule has 0 aliphatic rings. The van der Waals surface area contributed by atoms with E-state index in [2.05, 4.69) is 0 Å². The lowest BCUT2D eigenvalue weighted by molar-refractivity contribution is -0.387. The van der Waals surface area contributed by atoms with E-state index in [0.29, 0.717) is 0 Å². The number of halogens is 2. The van der Waals surface area contributed by atoms with Crippen molar-refractivity contribution < 1.29 is 9.31 Å². The molecular formula is C7H7ClFN3O2. The molecule has 14 heavy (non-hydrogen) atoms. The normalized spacial score (nSPS) is 8.93. The topological polar surface area (TPSA) is 93.0 Å². The van der Waals surface area contributed by atoms with Gasteiger partial charge in [-0.25, -0.2) is 0 Å². The Balaban J connectivity index is 0.00000169. The lowest BCUT2D eigenvalue weighted by Gasteiger charge is -1.98. The van der Waals surface area contributed by atoms with E-state index >= 15 is 0 Å². The van der Waals surface area contributed by atoms with E-state index in [1.54, 1.807) is 0 Å². The summed E-state index contributed by atoms with van der Waals surface area (Å²) < 4.78 is 12.7. The van der Waals surface area contributed by atoms with Crippen LogP contribution in [-0.2, 0) is 0 Å². The molecule has 0 saturated carbocycles. The molecule has 1 rings (SSSR count). The standard InChI is InChI=1S/C7H6FN3O2.ClH/c8-5-2-1-4(7(9)10)3-6(5)11(12)13;/h1-3H,(H3,9,10);1H. The van der Waals surface area contributed by atoms with Gasteiger partial charge < -0.3 is 5.73 Å². The third-order valence-corrected chi connectivity index (χ3v) is 1.45. The Kier molecular flexibility index (Phi) is 3.97. The van der Waals surface area contributed by atoms with Crippen molar-refractivity contribution in [2.24, 2.45) is 5.73 Å². The fourth-order valence-corrected chi connectivity index (χ4v) is 0.820. The molecule has 0 aliphatic heterocycles. The van der Waals surface area contributed by atoms with Gasteiger partial charge in [-0.1, -0.05) is 0 Å². The first kappa shape index (κ1) is 12.3. The minimum atomic E-state index is -0.935. The molecule has 0 unspecified atom stereocenters. The monoisotopic (exact) mass is 219 g/mol. The number of nitrogens with one attached hydrogen (secondary N) is 1. The highest BCUT2D eigenvalue weighted by Crippen LogP contribution is 2.17. The van der Waals surface area contributed by atoms with Crippen molar-refractivity contribution >= 4 is 23.9 Å². The summed E-state index contributed by atoms with van der Waals surface area (Å²) in [4.78, 5) is 9.39. The summed E-state index contributed by atoms with van der Waals surface area (Å²) in [5, 5.41) is 17.2. The second-order valence-corrected chi connectivity index (χ2v) is 2.34. The fourth-order valence-electron chi connectivity index (χ4n) is 0.820. The van der Waals surface area contributed by atoms with Crippen molar-refractivity contribution in [1.29, 1.82) is 5.41 Å². The van der Waals surface area contributed by atoms with Crippen molar-refractivity contribution in [3.63, 3.8) is 0 Å². The molecule has 5 nitrogen and oxygen atoms in total. The highest BCUT2D eigenvalue weighted by atomic mass is 35.5. The van der Waals surface area contributed by atoms with Gasteiger partial charge in [0.2, 0.25) is 5.82 Å². The Bertz CT molecular complexity index is 383. The molecule has 7 heteroatoms. The molecule has 0 aliphatic carbocycles. The fraction of sp³-hybridized carbons (Fsp3) is 0. The van der Waals surface area contributed by atoms with Crippen LogP contribution in [0, 0.1) is 21.3 Å². The van der Waals surface area contributed by atoms with E-state index in [1.807, 2.05) is 0 Å². The van der Waals surface area contributed by atoms with Crippen LogP contribution in [0.25, 0.3) is 0 Å².